The number of nitrogens with zero attached hydrogens (tertiary/aromatic N) is 3. The number of likely N-dealkylation sites (tertiary alicyclic amines) is 1. The van der Waals surface area contributed by atoms with Crippen molar-refractivity contribution in [1.29, 1.82) is 0 Å². The predicted molar refractivity (Wildman–Crippen MR) is 108 cm³/mol. The number of rotatable bonds is 3. The summed E-state index contributed by atoms with van der Waals surface area (Å²) in [4.78, 5) is 31.1. The summed E-state index contributed by atoms with van der Waals surface area (Å²) in [6.07, 6.45) is 5.10. The number of amides is 3. The summed E-state index contributed by atoms with van der Waals surface area (Å²) in [5.41, 5.74) is 3.31. The van der Waals surface area contributed by atoms with Gasteiger partial charge in [-0.3, -0.25) is 4.79 Å². The number of piperidine rings is 1. The van der Waals surface area contributed by atoms with E-state index in [0.717, 1.165) is 22.7 Å². The minimum Gasteiger partial charge on any atom is -0.325 e. The van der Waals surface area contributed by atoms with Gasteiger partial charge in [0.2, 0.25) is 5.91 Å². The van der Waals surface area contributed by atoms with Crippen LogP contribution in [0.4, 0.5) is 16.2 Å². The van der Waals surface area contributed by atoms with Gasteiger partial charge in [-0.05, 0) is 44.0 Å². The second kappa shape index (κ2) is 7.72. The molecule has 2 N–H and O–H groups in total. The normalized spacial score (nSPS) is 14.8. The van der Waals surface area contributed by atoms with Crippen LogP contribution in [0, 0.1) is 12.8 Å². The van der Waals surface area contributed by atoms with E-state index in [0.29, 0.717) is 25.9 Å². The average Bonchev–Trinajstić information content (AvgIpc) is 3.08. The van der Waals surface area contributed by atoms with Gasteiger partial charge in [-0.25, -0.2) is 9.78 Å². The van der Waals surface area contributed by atoms with Gasteiger partial charge in [0.15, 0.2) is 0 Å². The van der Waals surface area contributed by atoms with Gasteiger partial charge in [0, 0.05) is 37.1 Å². The van der Waals surface area contributed by atoms with Crippen LogP contribution in [0.3, 0.4) is 0 Å². The molecule has 1 aliphatic heterocycles. The fourth-order valence-electron chi connectivity index (χ4n) is 3.51. The van der Waals surface area contributed by atoms with Crippen LogP contribution in [-0.2, 0) is 4.79 Å². The molecule has 1 aliphatic rings. The number of aromatic nitrogens is 2. The number of nitrogens with one attached hydrogen (secondary N) is 2. The Hall–Kier alpha value is -3.35. The van der Waals surface area contributed by atoms with Crippen molar-refractivity contribution in [3.8, 4) is 0 Å². The topological polar surface area (TPSA) is 78.7 Å². The summed E-state index contributed by atoms with van der Waals surface area (Å²) in [6.45, 7) is 3.07. The predicted octanol–water partition coefficient (Wildman–Crippen LogP) is 3.53. The molecular formula is C21H23N5O2. The second-order valence-corrected chi connectivity index (χ2v) is 7.11. The number of fused-ring (bicyclic) bond motifs is 1. The van der Waals surface area contributed by atoms with Crippen molar-refractivity contribution in [1.82, 2.24) is 14.3 Å². The molecule has 0 aliphatic carbocycles. The lowest BCUT2D eigenvalue weighted by atomic mass is 9.96. The second-order valence-electron chi connectivity index (χ2n) is 7.11. The number of pyridine rings is 1. The van der Waals surface area contributed by atoms with E-state index in [-0.39, 0.29) is 17.9 Å². The van der Waals surface area contributed by atoms with Crippen molar-refractivity contribution < 1.29 is 9.59 Å². The number of carbonyl (C=O) groups is 2. The Labute approximate surface area is 163 Å². The van der Waals surface area contributed by atoms with Gasteiger partial charge in [-0.15, -0.1) is 0 Å². The van der Waals surface area contributed by atoms with E-state index in [1.54, 1.807) is 4.90 Å². The Morgan fingerprint density at radius 3 is 2.46 bits per heavy atom. The first-order valence-electron chi connectivity index (χ1n) is 9.46. The highest BCUT2D eigenvalue weighted by molar-refractivity contribution is 5.93. The molecule has 1 aromatic carbocycles. The average molecular weight is 377 g/mol. The zero-order chi connectivity index (χ0) is 19.5. The fourth-order valence-corrected chi connectivity index (χ4v) is 3.51. The molecule has 7 heteroatoms. The number of anilines is 2. The van der Waals surface area contributed by atoms with Crippen LogP contribution in [0.25, 0.3) is 5.65 Å². The maximum atomic E-state index is 12.6. The van der Waals surface area contributed by atoms with Crippen LogP contribution in [0.1, 0.15) is 18.5 Å². The largest absolute Gasteiger partial charge is 0.325 e. The lowest BCUT2D eigenvalue weighted by molar-refractivity contribution is -0.121. The zero-order valence-electron chi connectivity index (χ0n) is 15.8. The minimum atomic E-state index is -0.119. The van der Waals surface area contributed by atoms with Gasteiger partial charge in [-0.1, -0.05) is 18.2 Å². The first kappa shape index (κ1) is 18.0. The van der Waals surface area contributed by atoms with Crippen LogP contribution in [-0.4, -0.2) is 39.3 Å². The number of hydrogen-bond acceptors (Lipinski definition) is 3. The number of aryl methyl sites for hydroxylation is 1. The van der Waals surface area contributed by atoms with E-state index < -0.39 is 0 Å². The van der Waals surface area contributed by atoms with Crippen LogP contribution < -0.4 is 10.6 Å². The molecule has 2 aromatic heterocycles. The SMILES string of the molecule is Cc1cn2cc(NC(=O)C3CCN(C(=O)Nc4ccccc4)CC3)ccc2n1. The minimum absolute atomic E-state index is 0.000644. The van der Waals surface area contributed by atoms with E-state index in [9.17, 15) is 9.59 Å². The van der Waals surface area contributed by atoms with Crippen molar-refractivity contribution in [3.05, 3.63) is 60.6 Å². The van der Waals surface area contributed by atoms with Gasteiger partial charge in [0.25, 0.3) is 0 Å². The Bertz CT molecular complexity index is 990. The summed E-state index contributed by atoms with van der Waals surface area (Å²) < 4.78 is 1.90. The number of urea groups is 1. The molecule has 28 heavy (non-hydrogen) atoms. The fraction of sp³-hybridized carbons (Fsp3) is 0.286. The third-order valence-corrected chi connectivity index (χ3v) is 5.02. The highest BCUT2D eigenvalue weighted by Crippen LogP contribution is 2.21. The molecule has 7 nitrogen and oxygen atoms in total. The van der Waals surface area contributed by atoms with E-state index >= 15 is 0 Å². The van der Waals surface area contributed by atoms with Crippen LogP contribution >= 0.6 is 0 Å². The van der Waals surface area contributed by atoms with Gasteiger partial charge in [0.1, 0.15) is 5.65 Å². The summed E-state index contributed by atoms with van der Waals surface area (Å²) in [6, 6.07) is 13.0. The molecule has 0 radical (unpaired) electrons. The number of imidazole rings is 1. The molecule has 144 valence electrons. The van der Waals surface area contributed by atoms with E-state index in [1.807, 2.05) is 66.2 Å². The summed E-state index contributed by atoms with van der Waals surface area (Å²) in [5.74, 6) is -0.0969. The van der Waals surface area contributed by atoms with Crippen LogP contribution in [0.2, 0.25) is 0 Å². The van der Waals surface area contributed by atoms with Gasteiger partial charge in [-0.2, -0.15) is 0 Å². The highest BCUT2D eigenvalue weighted by Gasteiger charge is 2.27. The molecule has 3 aromatic rings. The van der Waals surface area contributed by atoms with E-state index in [2.05, 4.69) is 15.6 Å². The van der Waals surface area contributed by atoms with Crippen molar-refractivity contribution in [3.63, 3.8) is 0 Å². The molecule has 0 atom stereocenters. The summed E-state index contributed by atoms with van der Waals surface area (Å²) >= 11 is 0. The molecule has 1 fully saturated rings. The molecule has 0 saturated carbocycles. The lowest BCUT2D eigenvalue weighted by Gasteiger charge is -2.31. The number of benzene rings is 1. The van der Waals surface area contributed by atoms with E-state index in [1.165, 1.54) is 0 Å². The van der Waals surface area contributed by atoms with Gasteiger partial charge < -0.3 is 19.9 Å². The Kier molecular flexibility index (Phi) is 4.97. The van der Waals surface area contributed by atoms with Crippen molar-refractivity contribution in [2.24, 2.45) is 5.92 Å². The Morgan fingerprint density at radius 2 is 1.71 bits per heavy atom. The summed E-state index contributed by atoms with van der Waals surface area (Å²) in [5, 5.41) is 5.88. The third-order valence-electron chi connectivity index (χ3n) is 5.02. The maximum absolute atomic E-state index is 12.6. The molecule has 0 bridgehead atoms. The molecule has 0 unspecified atom stereocenters. The van der Waals surface area contributed by atoms with Crippen molar-refractivity contribution in [2.45, 2.75) is 19.8 Å². The van der Waals surface area contributed by atoms with Crippen molar-refractivity contribution in [2.75, 3.05) is 23.7 Å². The highest BCUT2D eigenvalue weighted by atomic mass is 16.2. The van der Waals surface area contributed by atoms with Crippen molar-refractivity contribution >= 4 is 29.0 Å². The van der Waals surface area contributed by atoms with Crippen LogP contribution in [0.15, 0.2) is 54.9 Å². The number of carbonyl (C=O) groups excluding carboxylic acids is 2. The Morgan fingerprint density at radius 1 is 0.964 bits per heavy atom. The first-order valence-corrected chi connectivity index (χ1v) is 9.46. The molecule has 3 heterocycles. The molecule has 0 spiro atoms. The third kappa shape index (κ3) is 3.98. The smallest absolute Gasteiger partial charge is 0.321 e. The van der Waals surface area contributed by atoms with Gasteiger partial charge >= 0.3 is 6.03 Å². The number of hydrogen-bond donors (Lipinski definition) is 2. The zero-order valence-corrected chi connectivity index (χ0v) is 15.8. The molecule has 4 rings (SSSR count). The quantitative estimate of drug-likeness (QED) is 0.733. The monoisotopic (exact) mass is 377 g/mol. The molecule has 1 saturated heterocycles. The van der Waals surface area contributed by atoms with Gasteiger partial charge in [0.05, 0.1) is 11.4 Å². The summed E-state index contributed by atoms with van der Waals surface area (Å²) in [7, 11) is 0. The lowest BCUT2D eigenvalue weighted by Crippen LogP contribution is -2.43. The maximum Gasteiger partial charge on any atom is 0.321 e. The standard InChI is InChI=1S/C21H23N5O2/c1-15-13-26-14-18(7-8-19(26)22-15)23-20(27)16-9-11-25(12-10-16)21(28)24-17-5-3-2-4-6-17/h2-8,13-14,16H,9-12H2,1H3,(H,23,27)(H,24,28). The van der Waals surface area contributed by atoms with E-state index in [4.69, 9.17) is 0 Å². The molecule has 3 amide bonds. The number of para-hydroxylation sites is 1. The first-order chi connectivity index (χ1) is 13.6. The van der Waals surface area contributed by atoms with Crippen LogP contribution in [0.5, 0.6) is 0 Å². The Balaban J connectivity index is 1.31. The molecular weight excluding hydrogens is 354 g/mol.